The number of nitrogens with zero attached hydrogens (tertiary/aromatic N) is 2. The Hall–Kier alpha value is -3.12. The Balaban J connectivity index is 1.98. The van der Waals surface area contributed by atoms with Gasteiger partial charge >= 0.3 is 6.03 Å². The van der Waals surface area contributed by atoms with Crippen LogP contribution < -0.4 is 0 Å². The highest BCUT2D eigenvalue weighted by Crippen LogP contribution is 2.42. The van der Waals surface area contributed by atoms with Crippen LogP contribution in [0.25, 0.3) is 10.9 Å². The standard InChI is InChI=1S/C24H24ClN3O3/c1-13(2)14-9-10-19-16(11-14)17(12-26-19)20(15-7-5-6-8-18(15)25)21-22(29)27(3)24(31)28(4)23(21)30/h5-13,20-21,26H,1-4H3. The number of hydrogen-bond donors (Lipinski definition) is 1. The molecular weight excluding hydrogens is 414 g/mol. The molecule has 1 aliphatic rings. The molecule has 3 aromatic rings. The average molecular weight is 438 g/mol. The predicted molar refractivity (Wildman–Crippen MR) is 120 cm³/mol. The molecule has 6 nitrogen and oxygen atoms in total. The third-order valence-electron chi connectivity index (χ3n) is 6.08. The Kier molecular flexibility index (Phi) is 5.35. The Morgan fingerprint density at radius 3 is 2.19 bits per heavy atom. The number of rotatable bonds is 4. The summed E-state index contributed by atoms with van der Waals surface area (Å²) in [6.07, 6.45) is 1.83. The molecule has 2 aromatic carbocycles. The lowest BCUT2D eigenvalue weighted by molar-refractivity contribution is -0.148. The molecule has 4 rings (SSSR count). The van der Waals surface area contributed by atoms with Crippen LogP contribution in [0.15, 0.2) is 48.7 Å². The van der Waals surface area contributed by atoms with E-state index in [4.69, 9.17) is 11.6 Å². The van der Waals surface area contributed by atoms with Gasteiger partial charge in [-0.05, 0) is 40.8 Å². The topological polar surface area (TPSA) is 73.5 Å². The number of benzene rings is 2. The summed E-state index contributed by atoms with van der Waals surface area (Å²) >= 11 is 6.56. The van der Waals surface area contributed by atoms with Gasteiger partial charge in [0.25, 0.3) is 0 Å². The number of urea groups is 1. The zero-order chi connectivity index (χ0) is 22.4. The zero-order valence-corrected chi connectivity index (χ0v) is 18.6. The van der Waals surface area contributed by atoms with Crippen molar-refractivity contribution in [2.24, 2.45) is 5.92 Å². The second-order valence-corrected chi connectivity index (χ2v) is 8.66. The number of carbonyl (C=O) groups excluding carboxylic acids is 3. The number of imide groups is 2. The van der Waals surface area contributed by atoms with Gasteiger partial charge < -0.3 is 4.98 Å². The number of carbonyl (C=O) groups is 3. The van der Waals surface area contributed by atoms with Crippen LogP contribution >= 0.6 is 11.6 Å². The highest BCUT2D eigenvalue weighted by molar-refractivity contribution is 6.31. The molecule has 1 atom stereocenters. The third-order valence-corrected chi connectivity index (χ3v) is 6.42. The van der Waals surface area contributed by atoms with Crippen LogP contribution in [0, 0.1) is 5.92 Å². The predicted octanol–water partition coefficient (Wildman–Crippen LogP) is 4.74. The summed E-state index contributed by atoms with van der Waals surface area (Å²) in [5.74, 6) is -2.50. The quantitative estimate of drug-likeness (QED) is 0.599. The van der Waals surface area contributed by atoms with E-state index in [1.165, 1.54) is 14.1 Å². The molecule has 2 heterocycles. The number of nitrogens with one attached hydrogen (secondary N) is 1. The van der Waals surface area contributed by atoms with Crippen LogP contribution in [0.4, 0.5) is 4.79 Å². The lowest BCUT2D eigenvalue weighted by Gasteiger charge is -2.37. The fourth-order valence-corrected chi connectivity index (χ4v) is 4.51. The van der Waals surface area contributed by atoms with Crippen molar-refractivity contribution in [2.75, 3.05) is 14.1 Å². The van der Waals surface area contributed by atoms with Crippen molar-refractivity contribution in [2.45, 2.75) is 25.7 Å². The molecule has 1 aromatic heterocycles. The fraction of sp³-hybridized carbons (Fsp3) is 0.292. The molecule has 0 aliphatic carbocycles. The fourth-order valence-electron chi connectivity index (χ4n) is 4.25. The molecule has 7 heteroatoms. The summed E-state index contributed by atoms with van der Waals surface area (Å²) in [7, 11) is 2.80. The molecule has 4 amide bonds. The zero-order valence-electron chi connectivity index (χ0n) is 17.8. The van der Waals surface area contributed by atoms with Gasteiger partial charge in [0.05, 0.1) is 0 Å². The van der Waals surface area contributed by atoms with Crippen molar-refractivity contribution in [1.29, 1.82) is 0 Å². The number of barbiturate groups is 1. The van der Waals surface area contributed by atoms with Gasteiger partial charge in [0, 0.05) is 42.1 Å². The van der Waals surface area contributed by atoms with E-state index in [1.54, 1.807) is 12.1 Å². The normalized spacial score (nSPS) is 16.6. The Morgan fingerprint density at radius 1 is 0.935 bits per heavy atom. The summed E-state index contributed by atoms with van der Waals surface area (Å²) in [5.41, 5.74) is 3.53. The maximum Gasteiger partial charge on any atom is 0.332 e. The summed E-state index contributed by atoms with van der Waals surface area (Å²) in [4.78, 5) is 44.0. The van der Waals surface area contributed by atoms with Crippen molar-refractivity contribution in [1.82, 2.24) is 14.8 Å². The number of aromatic amines is 1. The van der Waals surface area contributed by atoms with Crippen molar-refractivity contribution in [3.63, 3.8) is 0 Å². The van der Waals surface area contributed by atoms with Crippen LogP contribution in [0.5, 0.6) is 0 Å². The number of H-pyrrole nitrogens is 1. The van der Waals surface area contributed by atoms with Crippen LogP contribution in [-0.4, -0.2) is 46.7 Å². The summed E-state index contributed by atoms with van der Waals surface area (Å²) in [5, 5.41) is 1.39. The molecule has 0 saturated carbocycles. The number of halogens is 1. The second kappa shape index (κ2) is 7.85. The SMILES string of the molecule is CC(C)c1ccc2[nH]cc(C(c3ccccc3Cl)C3C(=O)N(C)C(=O)N(C)C3=O)c2c1. The van der Waals surface area contributed by atoms with E-state index in [-0.39, 0.29) is 0 Å². The molecule has 31 heavy (non-hydrogen) atoms. The highest BCUT2D eigenvalue weighted by Gasteiger charge is 2.48. The third kappa shape index (κ3) is 3.41. The van der Waals surface area contributed by atoms with Gasteiger partial charge in [0.15, 0.2) is 0 Å². The van der Waals surface area contributed by atoms with E-state index in [9.17, 15) is 14.4 Å². The first kappa shape index (κ1) is 21.1. The van der Waals surface area contributed by atoms with Gasteiger partial charge in [0.1, 0.15) is 5.92 Å². The van der Waals surface area contributed by atoms with Crippen molar-refractivity contribution in [3.8, 4) is 0 Å². The second-order valence-electron chi connectivity index (χ2n) is 8.26. The van der Waals surface area contributed by atoms with Crippen molar-refractivity contribution < 1.29 is 14.4 Å². The number of amides is 4. The van der Waals surface area contributed by atoms with E-state index >= 15 is 0 Å². The van der Waals surface area contributed by atoms with Gasteiger partial charge in [-0.1, -0.05) is 49.7 Å². The largest absolute Gasteiger partial charge is 0.361 e. The summed E-state index contributed by atoms with van der Waals surface area (Å²) < 4.78 is 0. The van der Waals surface area contributed by atoms with E-state index < -0.39 is 29.7 Å². The lowest BCUT2D eigenvalue weighted by Crippen LogP contribution is -2.58. The first-order valence-electron chi connectivity index (χ1n) is 10.2. The minimum Gasteiger partial charge on any atom is -0.361 e. The minimum absolute atomic E-state index is 0.318. The molecule has 0 radical (unpaired) electrons. The Labute approximate surface area is 185 Å². The van der Waals surface area contributed by atoms with E-state index in [0.29, 0.717) is 16.5 Å². The monoisotopic (exact) mass is 437 g/mol. The van der Waals surface area contributed by atoms with Gasteiger partial charge in [0.2, 0.25) is 11.8 Å². The maximum atomic E-state index is 13.2. The molecule has 0 bridgehead atoms. The Morgan fingerprint density at radius 2 is 1.58 bits per heavy atom. The summed E-state index contributed by atoms with van der Waals surface area (Å²) in [6.45, 7) is 4.23. The highest BCUT2D eigenvalue weighted by atomic mass is 35.5. The first-order valence-corrected chi connectivity index (χ1v) is 10.5. The van der Waals surface area contributed by atoms with E-state index in [1.807, 2.05) is 24.4 Å². The van der Waals surface area contributed by atoms with Crippen LogP contribution in [0.1, 0.15) is 42.4 Å². The van der Waals surface area contributed by atoms with Crippen molar-refractivity contribution in [3.05, 3.63) is 70.4 Å². The smallest absolute Gasteiger partial charge is 0.332 e. The molecule has 1 fully saturated rings. The van der Waals surface area contributed by atoms with Crippen LogP contribution in [-0.2, 0) is 9.59 Å². The first-order chi connectivity index (χ1) is 14.7. The van der Waals surface area contributed by atoms with Crippen LogP contribution in [0.3, 0.4) is 0 Å². The van der Waals surface area contributed by atoms with E-state index in [0.717, 1.165) is 31.8 Å². The molecular formula is C24H24ClN3O3. The van der Waals surface area contributed by atoms with Gasteiger partial charge in [-0.15, -0.1) is 0 Å². The molecule has 1 N–H and O–H groups in total. The van der Waals surface area contributed by atoms with Gasteiger partial charge in [-0.2, -0.15) is 0 Å². The van der Waals surface area contributed by atoms with Gasteiger partial charge in [-0.3, -0.25) is 19.4 Å². The van der Waals surface area contributed by atoms with E-state index in [2.05, 4.69) is 31.0 Å². The number of fused-ring (bicyclic) bond motifs is 1. The number of aromatic nitrogens is 1. The molecule has 1 aliphatic heterocycles. The molecule has 0 spiro atoms. The maximum absolute atomic E-state index is 13.2. The molecule has 160 valence electrons. The van der Waals surface area contributed by atoms with Crippen LogP contribution in [0.2, 0.25) is 5.02 Å². The summed E-state index contributed by atoms with van der Waals surface area (Å²) in [6, 6.07) is 12.7. The molecule has 1 saturated heterocycles. The minimum atomic E-state index is -1.10. The lowest BCUT2D eigenvalue weighted by atomic mass is 9.78. The average Bonchev–Trinajstić information content (AvgIpc) is 3.17. The number of hydrogen-bond acceptors (Lipinski definition) is 3. The molecule has 1 unspecified atom stereocenters. The van der Waals surface area contributed by atoms with Gasteiger partial charge in [-0.25, -0.2) is 4.79 Å². The Bertz CT molecular complexity index is 1180. The van der Waals surface area contributed by atoms with Crippen molar-refractivity contribution >= 4 is 40.3 Å².